The van der Waals surface area contributed by atoms with E-state index in [2.05, 4.69) is 10.5 Å². The number of amides is 1. The van der Waals surface area contributed by atoms with E-state index >= 15 is 0 Å². The molecule has 34 heavy (non-hydrogen) atoms. The highest BCUT2D eigenvalue weighted by Crippen LogP contribution is 2.29. The molecule has 0 saturated carbocycles. The van der Waals surface area contributed by atoms with E-state index in [1.807, 2.05) is 65.0 Å². The molecule has 0 fully saturated rings. The van der Waals surface area contributed by atoms with Crippen LogP contribution in [0.4, 0.5) is 5.69 Å². The van der Waals surface area contributed by atoms with Gasteiger partial charge in [0.25, 0.3) is 15.9 Å². The SMILES string of the molecule is C/C(=N\NC(=O)c1ccccc1N(Cc1ccccc1)S(=O)(=O)c1ccc(C)cc1)C(C)(C)C. The van der Waals surface area contributed by atoms with Crippen LogP contribution in [0.15, 0.2) is 88.9 Å². The molecule has 0 radical (unpaired) electrons. The predicted octanol–water partition coefficient (Wildman–Crippen LogP) is 5.54. The fourth-order valence-electron chi connectivity index (χ4n) is 3.13. The first-order chi connectivity index (χ1) is 16.0. The summed E-state index contributed by atoms with van der Waals surface area (Å²) >= 11 is 0. The number of nitrogens with zero attached hydrogens (tertiary/aromatic N) is 2. The fraction of sp³-hybridized carbons (Fsp3) is 0.259. The summed E-state index contributed by atoms with van der Waals surface area (Å²) in [5.41, 5.74) is 5.41. The zero-order chi connectivity index (χ0) is 24.9. The first-order valence-electron chi connectivity index (χ1n) is 11.1. The number of para-hydroxylation sites is 1. The summed E-state index contributed by atoms with van der Waals surface area (Å²) in [5, 5.41) is 4.24. The largest absolute Gasteiger partial charge is 0.273 e. The Bertz CT molecular complexity index is 1280. The van der Waals surface area contributed by atoms with Gasteiger partial charge in [0.05, 0.1) is 22.7 Å². The van der Waals surface area contributed by atoms with Crippen molar-refractivity contribution >= 4 is 27.3 Å². The van der Waals surface area contributed by atoms with Crippen molar-refractivity contribution < 1.29 is 13.2 Å². The maximum atomic E-state index is 13.8. The average molecular weight is 478 g/mol. The van der Waals surface area contributed by atoms with Crippen LogP contribution in [0.3, 0.4) is 0 Å². The van der Waals surface area contributed by atoms with Gasteiger partial charge in [0.15, 0.2) is 0 Å². The molecule has 0 aliphatic heterocycles. The van der Waals surface area contributed by atoms with E-state index in [1.54, 1.807) is 48.5 Å². The second kappa shape index (κ2) is 10.2. The highest BCUT2D eigenvalue weighted by Gasteiger charge is 2.28. The standard InChI is InChI=1S/C27H31N3O3S/c1-20-15-17-23(18-16-20)34(32,33)30(19-22-11-7-6-8-12-22)25-14-10-9-13-24(25)26(31)29-28-21(2)27(3,4)5/h6-18H,19H2,1-5H3,(H,29,31)/b28-21+. The number of hydrazone groups is 1. The number of benzene rings is 3. The summed E-state index contributed by atoms with van der Waals surface area (Å²) in [6.45, 7) is 9.82. The van der Waals surface area contributed by atoms with Crippen molar-refractivity contribution in [2.75, 3.05) is 4.31 Å². The molecule has 178 valence electrons. The number of hydrogen-bond acceptors (Lipinski definition) is 4. The molecule has 3 rings (SSSR count). The quantitative estimate of drug-likeness (QED) is 0.358. The monoisotopic (exact) mass is 477 g/mol. The van der Waals surface area contributed by atoms with E-state index in [9.17, 15) is 13.2 Å². The molecule has 0 saturated heterocycles. The third-order valence-corrected chi connectivity index (χ3v) is 7.38. The zero-order valence-corrected chi connectivity index (χ0v) is 21.1. The summed E-state index contributed by atoms with van der Waals surface area (Å²) in [6.07, 6.45) is 0. The molecule has 0 unspecified atom stereocenters. The van der Waals surface area contributed by atoms with Crippen LogP contribution in [-0.2, 0) is 16.6 Å². The Labute approximate surface area is 202 Å². The number of sulfonamides is 1. The van der Waals surface area contributed by atoms with Crippen LogP contribution in [-0.4, -0.2) is 20.0 Å². The molecule has 7 heteroatoms. The van der Waals surface area contributed by atoms with Crippen LogP contribution in [0.1, 0.15) is 49.2 Å². The van der Waals surface area contributed by atoms with Gasteiger partial charge in [-0.15, -0.1) is 0 Å². The lowest BCUT2D eigenvalue weighted by molar-refractivity contribution is 0.0955. The minimum Gasteiger partial charge on any atom is -0.267 e. The lowest BCUT2D eigenvalue weighted by atomic mass is 9.91. The lowest BCUT2D eigenvalue weighted by Gasteiger charge is -2.26. The highest BCUT2D eigenvalue weighted by molar-refractivity contribution is 7.92. The van der Waals surface area contributed by atoms with E-state index in [4.69, 9.17) is 0 Å². The minimum atomic E-state index is -3.96. The van der Waals surface area contributed by atoms with Gasteiger partial charge in [0.1, 0.15) is 0 Å². The maximum absolute atomic E-state index is 13.8. The highest BCUT2D eigenvalue weighted by atomic mass is 32.2. The normalized spacial score (nSPS) is 12.3. The average Bonchev–Trinajstić information content (AvgIpc) is 2.81. The predicted molar refractivity (Wildman–Crippen MR) is 137 cm³/mol. The van der Waals surface area contributed by atoms with Crippen LogP contribution in [0.2, 0.25) is 0 Å². The van der Waals surface area contributed by atoms with Gasteiger partial charge < -0.3 is 0 Å². The molecule has 1 N–H and O–H groups in total. The molecule has 3 aromatic carbocycles. The van der Waals surface area contributed by atoms with Crippen molar-refractivity contribution in [2.24, 2.45) is 10.5 Å². The minimum absolute atomic E-state index is 0.0750. The Kier molecular flexibility index (Phi) is 7.57. The third kappa shape index (κ3) is 5.91. The Balaban J connectivity index is 2.08. The number of carbonyl (C=O) groups is 1. The van der Waals surface area contributed by atoms with E-state index in [-0.39, 0.29) is 28.1 Å². The van der Waals surface area contributed by atoms with Crippen LogP contribution in [0.5, 0.6) is 0 Å². The molecule has 0 aliphatic carbocycles. The van der Waals surface area contributed by atoms with Crippen molar-refractivity contribution in [3.05, 3.63) is 95.6 Å². The van der Waals surface area contributed by atoms with Crippen molar-refractivity contribution in [3.63, 3.8) is 0 Å². The lowest BCUT2D eigenvalue weighted by Crippen LogP contribution is -2.33. The molecule has 0 aliphatic rings. The second-order valence-electron chi connectivity index (χ2n) is 9.22. The van der Waals surface area contributed by atoms with Crippen molar-refractivity contribution in [3.8, 4) is 0 Å². The second-order valence-corrected chi connectivity index (χ2v) is 11.1. The topological polar surface area (TPSA) is 78.8 Å². The molecule has 3 aromatic rings. The summed E-state index contributed by atoms with van der Waals surface area (Å²) in [6, 6.07) is 22.7. The number of aryl methyl sites for hydroxylation is 1. The number of nitrogens with one attached hydrogen (secondary N) is 1. The molecule has 0 atom stereocenters. The fourth-order valence-corrected chi connectivity index (χ4v) is 4.60. The first kappa shape index (κ1) is 25.2. The summed E-state index contributed by atoms with van der Waals surface area (Å²) in [7, 11) is -3.96. The Morgan fingerprint density at radius 2 is 1.50 bits per heavy atom. The van der Waals surface area contributed by atoms with E-state index < -0.39 is 15.9 Å². The van der Waals surface area contributed by atoms with Crippen LogP contribution in [0, 0.1) is 12.3 Å². The number of anilines is 1. The van der Waals surface area contributed by atoms with Gasteiger partial charge in [-0.1, -0.05) is 80.9 Å². The molecule has 0 aromatic heterocycles. The van der Waals surface area contributed by atoms with Crippen LogP contribution < -0.4 is 9.73 Å². The summed E-state index contributed by atoms with van der Waals surface area (Å²) in [5.74, 6) is -0.476. The Hall–Kier alpha value is -3.45. The number of rotatable bonds is 7. The number of carbonyl (C=O) groups excluding carboxylic acids is 1. The van der Waals surface area contributed by atoms with Gasteiger partial charge >= 0.3 is 0 Å². The molecule has 0 bridgehead atoms. The first-order valence-corrected chi connectivity index (χ1v) is 12.5. The van der Waals surface area contributed by atoms with E-state index in [0.29, 0.717) is 0 Å². The summed E-state index contributed by atoms with van der Waals surface area (Å²) in [4.78, 5) is 13.3. The number of hydrogen-bond donors (Lipinski definition) is 1. The smallest absolute Gasteiger partial charge is 0.267 e. The van der Waals surface area contributed by atoms with Crippen molar-refractivity contribution in [1.82, 2.24) is 5.43 Å². The Morgan fingerprint density at radius 1 is 0.912 bits per heavy atom. The van der Waals surface area contributed by atoms with Gasteiger partial charge in [0, 0.05) is 11.1 Å². The van der Waals surface area contributed by atoms with Crippen molar-refractivity contribution in [1.29, 1.82) is 0 Å². The summed E-state index contributed by atoms with van der Waals surface area (Å²) < 4.78 is 28.9. The van der Waals surface area contributed by atoms with Gasteiger partial charge in [-0.3, -0.25) is 9.10 Å². The van der Waals surface area contributed by atoms with Crippen LogP contribution >= 0.6 is 0 Å². The van der Waals surface area contributed by atoms with Crippen molar-refractivity contribution in [2.45, 2.75) is 46.1 Å². The molecule has 1 amide bonds. The Morgan fingerprint density at radius 3 is 2.12 bits per heavy atom. The van der Waals surface area contributed by atoms with Gasteiger partial charge in [-0.05, 0) is 43.7 Å². The van der Waals surface area contributed by atoms with Crippen LogP contribution in [0.25, 0.3) is 0 Å². The molecular formula is C27H31N3O3S. The molecular weight excluding hydrogens is 446 g/mol. The van der Waals surface area contributed by atoms with Gasteiger partial charge in [-0.25, -0.2) is 13.8 Å². The van der Waals surface area contributed by atoms with Gasteiger partial charge in [-0.2, -0.15) is 5.10 Å². The molecule has 6 nitrogen and oxygen atoms in total. The zero-order valence-electron chi connectivity index (χ0n) is 20.2. The maximum Gasteiger partial charge on any atom is 0.273 e. The van der Waals surface area contributed by atoms with Gasteiger partial charge in [0.2, 0.25) is 0 Å². The van der Waals surface area contributed by atoms with E-state index in [0.717, 1.165) is 16.8 Å². The third-order valence-electron chi connectivity index (χ3n) is 5.61. The molecule has 0 spiro atoms. The van der Waals surface area contributed by atoms with E-state index in [1.165, 1.54) is 4.31 Å². The molecule has 0 heterocycles.